The van der Waals surface area contributed by atoms with E-state index in [1.165, 1.54) is 0 Å². The first-order valence-corrected chi connectivity index (χ1v) is 11.6. The molecule has 8 heteroatoms. The van der Waals surface area contributed by atoms with E-state index in [-0.39, 0.29) is 31.3 Å². The van der Waals surface area contributed by atoms with Crippen molar-refractivity contribution in [2.45, 2.75) is 84.1 Å². The van der Waals surface area contributed by atoms with Crippen LogP contribution >= 0.6 is 0 Å². The lowest BCUT2D eigenvalue weighted by atomic mass is 9.91. The molecule has 0 saturated heterocycles. The molecule has 1 aliphatic carbocycles. The van der Waals surface area contributed by atoms with Crippen LogP contribution in [0.5, 0.6) is 5.75 Å². The second-order valence-corrected chi connectivity index (χ2v) is 9.34. The number of aryl methyl sites for hydroxylation is 1. The molecule has 2 rings (SSSR count). The van der Waals surface area contributed by atoms with Gasteiger partial charge in [-0.3, -0.25) is 4.99 Å². The highest BCUT2D eigenvalue weighted by atomic mass is 16.6. The van der Waals surface area contributed by atoms with Crippen LogP contribution < -0.4 is 20.7 Å². The molecule has 1 fully saturated rings. The van der Waals surface area contributed by atoms with E-state index in [2.05, 4.69) is 20.9 Å². The largest absolute Gasteiger partial charge is 0.491 e. The number of amides is 1. The van der Waals surface area contributed by atoms with Gasteiger partial charge in [-0.2, -0.15) is 0 Å². The molecule has 1 amide bonds. The molecule has 4 N–H and O–H groups in total. The van der Waals surface area contributed by atoms with E-state index in [0.717, 1.165) is 43.5 Å². The molecule has 0 radical (unpaired) electrons. The van der Waals surface area contributed by atoms with Crippen LogP contribution in [0.1, 0.15) is 58.9 Å². The Bertz CT molecular complexity index is 740. The minimum atomic E-state index is -0.695. The van der Waals surface area contributed by atoms with Gasteiger partial charge in [0.25, 0.3) is 0 Å². The van der Waals surface area contributed by atoms with Gasteiger partial charge in [0.05, 0.1) is 6.54 Å². The molecule has 8 nitrogen and oxygen atoms in total. The van der Waals surface area contributed by atoms with E-state index in [1.807, 2.05) is 58.9 Å². The van der Waals surface area contributed by atoms with Crippen molar-refractivity contribution in [2.75, 3.05) is 19.7 Å². The van der Waals surface area contributed by atoms with Crippen LogP contribution in [0.2, 0.25) is 0 Å². The molecule has 0 spiro atoms. The predicted molar refractivity (Wildman–Crippen MR) is 127 cm³/mol. The van der Waals surface area contributed by atoms with Gasteiger partial charge in [-0.15, -0.1) is 0 Å². The molecule has 0 aliphatic heterocycles. The monoisotopic (exact) mass is 448 g/mol. The minimum Gasteiger partial charge on any atom is -0.491 e. The van der Waals surface area contributed by atoms with Crippen molar-refractivity contribution in [1.29, 1.82) is 0 Å². The summed E-state index contributed by atoms with van der Waals surface area (Å²) in [6.45, 7) is 10.8. The van der Waals surface area contributed by atoms with Crippen molar-refractivity contribution in [3.8, 4) is 5.75 Å². The van der Waals surface area contributed by atoms with Crippen molar-refractivity contribution in [3.05, 3.63) is 29.8 Å². The molecule has 180 valence electrons. The molecule has 1 aliphatic rings. The van der Waals surface area contributed by atoms with E-state index in [9.17, 15) is 9.90 Å². The first kappa shape index (κ1) is 25.8. The Morgan fingerprint density at radius 3 is 2.44 bits per heavy atom. The third kappa shape index (κ3) is 10.2. The minimum absolute atomic E-state index is 0.128. The molecular formula is C24H40N4O4. The summed E-state index contributed by atoms with van der Waals surface area (Å²) in [7, 11) is 0. The summed E-state index contributed by atoms with van der Waals surface area (Å²) >= 11 is 0. The number of aliphatic hydroxyl groups excluding tert-OH is 1. The average molecular weight is 449 g/mol. The first-order chi connectivity index (χ1) is 15.1. The van der Waals surface area contributed by atoms with E-state index in [4.69, 9.17) is 9.47 Å². The molecule has 0 heterocycles. The molecule has 0 bridgehead atoms. The van der Waals surface area contributed by atoms with Crippen LogP contribution in [0.3, 0.4) is 0 Å². The third-order valence-corrected chi connectivity index (χ3v) is 5.03. The molecular weight excluding hydrogens is 408 g/mol. The lowest BCUT2D eigenvalue weighted by Gasteiger charge is -2.31. The van der Waals surface area contributed by atoms with Crippen molar-refractivity contribution >= 4 is 12.1 Å². The summed E-state index contributed by atoms with van der Waals surface area (Å²) in [5.74, 6) is 1.43. The fourth-order valence-corrected chi connectivity index (χ4v) is 3.52. The van der Waals surface area contributed by atoms with Crippen LogP contribution in [-0.2, 0) is 4.74 Å². The van der Waals surface area contributed by atoms with Crippen molar-refractivity contribution < 1.29 is 19.4 Å². The van der Waals surface area contributed by atoms with Gasteiger partial charge in [0, 0.05) is 18.6 Å². The number of carbonyl (C=O) groups excluding carboxylic acids is 1. The summed E-state index contributed by atoms with van der Waals surface area (Å²) in [5, 5.41) is 19.9. The van der Waals surface area contributed by atoms with E-state index >= 15 is 0 Å². The number of hydrogen-bond donors (Lipinski definition) is 4. The van der Waals surface area contributed by atoms with E-state index < -0.39 is 11.7 Å². The Morgan fingerprint density at radius 2 is 1.84 bits per heavy atom. The SMILES string of the molecule is CCNC(=NCC(O)COc1cccc(C)c1)NC1CCC(NC(=O)OC(C)(C)C)CC1. The number of guanidine groups is 1. The number of carbonyl (C=O) groups is 1. The van der Waals surface area contributed by atoms with Crippen LogP contribution in [-0.4, -0.2) is 60.6 Å². The maximum Gasteiger partial charge on any atom is 0.407 e. The second-order valence-electron chi connectivity index (χ2n) is 9.34. The predicted octanol–water partition coefficient (Wildman–Crippen LogP) is 3.13. The number of alkyl carbamates (subject to hydrolysis) is 1. The fourth-order valence-electron chi connectivity index (χ4n) is 3.52. The van der Waals surface area contributed by atoms with Gasteiger partial charge in [0.1, 0.15) is 24.1 Å². The molecule has 32 heavy (non-hydrogen) atoms. The highest BCUT2D eigenvalue weighted by Gasteiger charge is 2.25. The summed E-state index contributed by atoms with van der Waals surface area (Å²) in [5.41, 5.74) is 0.625. The van der Waals surface area contributed by atoms with Crippen molar-refractivity contribution in [2.24, 2.45) is 4.99 Å². The van der Waals surface area contributed by atoms with Gasteiger partial charge in [-0.1, -0.05) is 12.1 Å². The van der Waals surface area contributed by atoms with Crippen LogP contribution in [0.25, 0.3) is 0 Å². The van der Waals surface area contributed by atoms with E-state index in [1.54, 1.807) is 0 Å². The smallest absolute Gasteiger partial charge is 0.407 e. The lowest BCUT2D eigenvalue weighted by molar-refractivity contribution is 0.0490. The summed E-state index contributed by atoms with van der Waals surface area (Å²) in [6.07, 6.45) is 2.55. The Labute approximate surface area is 192 Å². The number of nitrogens with zero attached hydrogens (tertiary/aromatic N) is 1. The topological polar surface area (TPSA) is 104 Å². The van der Waals surface area contributed by atoms with E-state index in [0.29, 0.717) is 5.96 Å². The van der Waals surface area contributed by atoms with Gasteiger partial charge >= 0.3 is 6.09 Å². The zero-order valence-corrected chi connectivity index (χ0v) is 20.1. The van der Waals surface area contributed by atoms with Crippen molar-refractivity contribution in [1.82, 2.24) is 16.0 Å². The summed E-state index contributed by atoms with van der Waals surface area (Å²) in [4.78, 5) is 16.5. The standard InChI is InChI=1S/C24H40N4O4/c1-6-25-22(26-15-20(29)16-31-21-9-7-8-17(2)14-21)27-18-10-12-19(13-11-18)28-23(30)32-24(3,4)5/h7-9,14,18-20,29H,6,10-13,15-16H2,1-5H3,(H,28,30)(H2,25,26,27). The number of rotatable bonds is 8. The third-order valence-electron chi connectivity index (χ3n) is 5.03. The Balaban J connectivity index is 1.75. The van der Waals surface area contributed by atoms with Crippen molar-refractivity contribution in [3.63, 3.8) is 0 Å². The van der Waals surface area contributed by atoms with Gasteiger partial charge < -0.3 is 30.5 Å². The number of benzene rings is 1. The maximum absolute atomic E-state index is 12.0. The Morgan fingerprint density at radius 1 is 1.19 bits per heavy atom. The van der Waals surface area contributed by atoms with Crippen LogP contribution in [0.4, 0.5) is 4.79 Å². The highest BCUT2D eigenvalue weighted by Crippen LogP contribution is 2.19. The highest BCUT2D eigenvalue weighted by molar-refractivity contribution is 5.80. The van der Waals surface area contributed by atoms with Gasteiger partial charge in [-0.25, -0.2) is 4.79 Å². The number of ether oxygens (including phenoxy) is 2. The molecule has 1 unspecified atom stereocenters. The fraction of sp³-hybridized carbons (Fsp3) is 0.667. The molecule has 1 saturated carbocycles. The number of aliphatic imine (C=N–C) groups is 1. The molecule has 1 aromatic rings. The normalized spacial score (nSPS) is 20.2. The lowest BCUT2D eigenvalue weighted by Crippen LogP contribution is -2.48. The summed E-state index contributed by atoms with van der Waals surface area (Å²) < 4.78 is 11.0. The zero-order valence-electron chi connectivity index (χ0n) is 20.1. The zero-order chi connectivity index (χ0) is 23.6. The quantitative estimate of drug-likeness (QED) is 0.360. The second kappa shape index (κ2) is 12.5. The molecule has 1 aromatic carbocycles. The summed E-state index contributed by atoms with van der Waals surface area (Å²) in [6, 6.07) is 8.15. The average Bonchev–Trinajstić information content (AvgIpc) is 2.71. The van der Waals surface area contributed by atoms with Gasteiger partial charge in [-0.05, 0) is 78.0 Å². The van der Waals surface area contributed by atoms with Crippen LogP contribution in [0.15, 0.2) is 29.3 Å². The number of nitrogens with one attached hydrogen (secondary N) is 3. The number of aliphatic hydroxyl groups is 1. The van der Waals surface area contributed by atoms with Crippen LogP contribution in [0, 0.1) is 6.92 Å². The Kier molecular flexibility index (Phi) is 10.1. The van der Waals surface area contributed by atoms with Gasteiger partial charge in [0.2, 0.25) is 0 Å². The van der Waals surface area contributed by atoms with Gasteiger partial charge in [0.15, 0.2) is 5.96 Å². The molecule has 1 atom stereocenters. The first-order valence-electron chi connectivity index (χ1n) is 11.6. The molecule has 0 aromatic heterocycles. The maximum atomic E-state index is 12.0. The number of hydrogen-bond acceptors (Lipinski definition) is 5. The Hall–Kier alpha value is -2.48.